The van der Waals surface area contributed by atoms with E-state index in [0.717, 1.165) is 0 Å². The molecule has 0 bridgehead atoms. The fourth-order valence-corrected chi connectivity index (χ4v) is 1.58. The minimum Gasteiger partial charge on any atom is -0.481 e. The van der Waals surface area contributed by atoms with Gasteiger partial charge in [0.15, 0.2) is 0 Å². The van der Waals surface area contributed by atoms with Crippen LogP contribution < -0.4 is 5.73 Å². The maximum Gasteiger partial charge on any atom is 0.311 e. The van der Waals surface area contributed by atoms with Crippen molar-refractivity contribution in [2.75, 3.05) is 6.54 Å². The molecule has 1 rings (SSSR count). The second-order valence-corrected chi connectivity index (χ2v) is 3.23. The van der Waals surface area contributed by atoms with Gasteiger partial charge in [0.05, 0.1) is 11.5 Å². The number of carbonyl (C=O) groups is 1. The molecule has 4 nitrogen and oxygen atoms in total. The van der Waals surface area contributed by atoms with Crippen molar-refractivity contribution in [2.24, 2.45) is 17.1 Å². The van der Waals surface area contributed by atoms with E-state index in [-0.39, 0.29) is 12.5 Å². The molecule has 0 aromatic carbocycles. The Hall–Kier alpha value is -0.610. The zero-order valence-corrected chi connectivity index (χ0v) is 6.45. The Balaban J connectivity index is 2.73. The van der Waals surface area contributed by atoms with Crippen molar-refractivity contribution in [3.63, 3.8) is 0 Å². The van der Waals surface area contributed by atoms with E-state index in [2.05, 4.69) is 0 Å². The van der Waals surface area contributed by atoms with Crippen molar-refractivity contribution >= 4 is 5.97 Å². The molecule has 0 heterocycles. The largest absolute Gasteiger partial charge is 0.481 e. The van der Waals surface area contributed by atoms with Crippen LogP contribution >= 0.6 is 0 Å². The molecule has 1 aliphatic carbocycles. The van der Waals surface area contributed by atoms with E-state index in [0.29, 0.717) is 6.42 Å². The van der Waals surface area contributed by atoms with Crippen LogP contribution in [0.4, 0.5) is 0 Å². The van der Waals surface area contributed by atoms with Crippen LogP contribution in [-0.2, 0) is 4.79 Å². The first-order chi connectivity index (χ1) is 5.04. The zero-order chi connectivity index (χ0) is 8.65. The summed E-state index contributed by atoms with van der Waals surface area (Å²) in [4.78, 5) is 10.7. The predicted molar refractivity (Wildman–Crippen MR) is 38.9 cm³/mol. The average molecular weight is 159 g/mol. The summed E-state index contributed by atoms with van der Waals surface area (Å²) in [5, 5.41) is 17.9. The Labute approximate surface area is 65.0 Å². The lowest BCUT2D eigenvalue weighted by molar-refractivity contribution is -0.174. The van der Waals surface area contributed by atoms with Gasteiger partial charge in [0, 0.05) is 6.54 Å². The molecular formula is C7H13NO3. The average Bonchev–Trinajstić information content (AvgIpc) is 1.98. The van der Waals surface area contributed by atoms with Gasteiger partial charge < -0.3 is 15.9 Å². The molecule has 1 aliphatic rings. The standard InChI is InChI=1S/C7H13NO3/c1-4-5(9)2-7(4,3-8)6(10)11/h4-5,9H,2-3,8H2,1H3,(H,10,11). The molecule has 1 fully saturated rings. The summed E-state index contributed by atoms with van der Waals surface area (Å²) in [6, 6.07) is 0. The minimum atomic E-state index is -0.891. The molecule has 0 aromatic heterocycles. The third-order valence-electron chi connectivity index (χ3n) is 2.81. The Kier molecular flexibility index (Phi) is 1.90. The topological polar surface area (TPSA) is 83.5 Å². The first-order valence-electron chi connectivity index (χ1n) is 3.66. The molecule has 3 atom stereocenters. The van der Waals surface area contributed by atoms with E-state index >= 15 is 0 Å². The van der Waals surface area contributed by atoms with Crippen molar-refractivity contribution in [1.29, 1.82) is 0 Å². The van der Waals surface area contributed by atoms with E-state index in [4.69, 9.17) is 15.9 Å². The van der Waals surface area contributed by atoms with Crippen molar-refractivity contribution in [2.45, 2.75) is 19.4 Å². The number of aliphatic carboxylic acids is 1. The van der Waals surface area contributed by atoms with Crippen LogP contribution in [0.5, 0.6) is 0 Å². The quantitative estimate of drug-likeness (QED) is 0.503. The highest BCUT2D eigenvalue weighted by Crippen LogP contribution is 2.45. The molecule has 0 saturated heterocycles. The summed E-state index contributed by atoms with van der Waals surface area (Å²) in [5.41, 5.74) is 4.47. The van der Waals surface area contributed by atoms with Crippen molar-refractivity contribution in [3.05, 3.63) is 0 Å². The number of hydrogen-bond acceptors (Lipinski definition) is 3. The maximum absolute atomic E-state index is 10.7. The second-order valence-electron chi connectivity index (χ2n) is 3.23. The van der Waals surface area contributed by atoms with Crippen LogP contribution in [-0.4, -0.2) is 28.8 Å². The van der Waals surface area contributed by atoms with E-state index in [1.807, 2.05) is 0 Å². The third kappa shape index (κ3) is 0.937. The van der Waals surface area contributed by atoms with Crippen molar-refractivity contribution in [1.82, 2.24) is 0 Å². The molecule has 4 heteroatoms. The number of nitrogens with two attached hydrogens (primary N) is 1. The minimum absolute atomic E-state index is 0.112. The van der Waals surface area contributed by atoms with Crippen LogP contribution in [0.25, 0.3) is 0 Å². The molecular weight excluding hydrogens is 146 g/mol. The normalized spacial score (nSPS) is 43.2. The fraction of sp³-hybridized carbons (Fsp3) is 0.857. The Morgan fingerprint density at radius 1 is 1.82 bits per heavy atom. The molecule has 0 amide bonds. The molecule has 0 aliphatic heterocycles. The molecule has 3 unspecified atom stereocenters. The number of aliphatic hydroxyl groups is 1. The van der Waals surface area contributed by atoms with Crippen molar-refractivity contribution in [3.8, 4) is 0 Å². The number of hydrogen-bond donors (Lipinski definition) is 3. The van der Waals surface area contributed by atoms with E-state index < -0.39 is 17.5 Å². The summed E-state index contributed by atoms with van der Waals surface area (Å²) >= 11 is 0. The van der Waals surface area contributed by atoms with Gasteiger partial charge in [-0.1, -0.05) is 6.92 Å². The molecule has 0 radical (unpaired) electrons. The first-order valence-corrected chi connectivity index (χ1v) is 3.66. The van der Waals surface area contributed by atoms with Gasteiger partial charge in [0.1, 0.15) is 0 Å². The molecule has 1 saturated carbocycles. The first kappa shape index (κ1) is 8.49. The van der Waals surface area contributed by atoms with Gasteiger partial charge in [-0.3, -0.25) is 4.79 Å². The number of carboxylic acid groups (broad SMARTS) is 1. The third-order valence-corrected chi connectivity index (χ3v) is 2.81. The number of rotatable bonds is 2. The van der Waals surface area contributed by atoms with Gasteiger partial charge in [0.2, 0.25) is 0 Å². The second kappa shape index (κ2) is 2.46. The van der Waals surface area contributed by atoms with Gasteiger partial charge in [-0.15, -0.1) is 0 Å². The lowest BCUT2D eigenvalue weighted by Crippen LogP contribution is -2.58. The lowest BCUT2D eigenvalue weighted by Gasteiger charge is -2.47. The molecule has 11 heavy (non-hydrogen) atoms. The van der Waals surface area contributed by atoms with Gasteiger partial charge in [-0.05, 0) is 12.3 Å². The van der Waals surface area contributed by atoms with E-state index in [9.17, 15) is 4.79 Å². The Morgan fingerprint density at radius 3 is 2.45 bits per heavy atom. The van der Waals surface area contributed by atoms with Crippen LogP contribution in [0, 0.1) is 11.3 Å². The summed E-state index contributed by atoms with van der Waals surface area (Å²) in [6.07, 6.45) is -0.199. The van der Waals surface area contributed by atoms with Gasteiger partial charge >= 0.3 is 5.97 Å². The predicted octanol–water partition coefficient (Wildman–Crippen LogP) is -0.583. The number of aliphatic hydroxyl groups excluding tert-OH is 1. The lowest BCUT2D eigenvalue weighted by atomic mass is 9.59. The summed E-state index contributed by atoms with van der Waals surface area (Å²) < 4.78 is 0. The maximum atomic E-state index is 10.7. The van der Waals surface area contributed by atoms with E-state index in [1.165, 1.54) is 0 Å². The summed E-state index contributed by atoms with van der Waals surface area (Å²) in [7, 11) is 0. The molecule has 64 valence electrons. The van der Waals surface area contributed by atoms with Gasteiger partial charge in [-0.2, -0.15) is 0 Å². The summed E-state index contributed by atoms with van der Waals surface area (Å²) in [5.74, 6) is -1.11. The zero-order valence-electron chi connectivity index (χ0n) is 6.45. The van der Waals surface area contributed by atoms with Crippen LogP contribution in [0.2, 0.25) is 0 Å². The van der Waals surface area contributed by atoms with Crippen molar-refractivity contribution < 1.29 is 15.0 Å². The highest BCUT2D eigenvalue weighted by molar-refractivity contribution is 5.77. The Bertz CT molecular complexity index is 183. The fourth-order valence-electron chi connectivity index (χ4n) is 1.58. The highest BCUT2D eigenvalue weighted by Gasteiger charge is 2.55. The number of carboxylic acids is 1. The van der Waals surface area contributed by atoms with Crippen LogP contribution in [0.1, 0.15) is 13.3 Å². The van der Waals surface area contributed by atoms with Crippen LogP contribution in [0.3, 0.4) is 0 Å². The summed E-state index contributed by atoms with van der Waals surface area (Å²) in [6.45, 7) is 1.83. The SMILES string of the molecule is CC1C(O)CC1(CN)C(=O)O. The molecule has 4 N–H and O–H groups in total. The smallest absolute Gasteiger partial charge is 0.311 e. The van der Waals surface area contributed by atoms with E-state index in [1.54, 1.807) is 6.92 Å². The van der Waals surface area contributed by atoms with Crippen LogP contribution in [0.15, 0.2) is 0 Å². The molecule has 0 spiro atoms. The molecule has 0 aromatic rings. The van der Waals surface area contributed by atoms with Gasteiger partial charge in [-0.25, -0.2) is 0 Å². The van der Waals surface area contributed by atoms with Gasteiger partial charge in [0.25, 0.3) is 0 Å². The Morgan fingerprint density at radius 2 is 2.36 bits per heavy atom. The monoisotopic (exact) mass is 159 g/mol. The highest BCUT2D eigenvalue weighted by atomic mass is 16.4.